The van der Waals surface area contributed by atoms with Crippen LogP contribution in [0.4, 0.5) is 23.2 Å². The van der Waals surface area contributed by atoms with E-state index < -0.39 is 30.3 Å². The summed E-state index contributed by atoms with van der Waals surface area (Å²) in [7, 11) is 0. The second kappa shape index (κ2) is 7.58. The number of ether oxygens (including phenoxy) is 1. The molecule has 24 heavy (non-hydrogen) atoms. The molecule has 0 saturated carbocycles. The van der Waals surface area contributed by atoms with Crippen LogP contribution in [-0.2, 0) is 4.79 Å². The van der Waals surface area contributed by atoms with Gasteiger partial charge in [-0.25, -0.2) is 4.39 Å². The summed E-state index contributed by atoms with van der Waals surface area (Å²) in [6.45, 7) is -1.59. The van der Waals surface area contributed by atoms with Crippen LogP contribution >= 0.6 is 0 Å². The molecule has 4 nitrogen and oxygen atoms in total. The Morgan fingerprint density at radius 1 is 1.21 bits per heavy atom. The second-order valence-electron chi connectivity index (χ2n) is 4.65. The third-order valence-electron chi connectivity index (χ3n) is 2.73. The number of hydrogen-bond donors (Lipinski definition) is 1. The maximum Gasteiger partial charge on any atom is 0.422 e. The van der Waals surface area contributed by atoms with Gasteiger partial charge >= 0.3 is 6.18 Å². The monoisotopic (exact) mass is 340 g/mol. The third-order valence-corrected chi connectivity index (χ3v) is 2.73. The van der Waals surface area contributed by atoms with Crippen LogP contribution in [0, 0.1) is 5.82 Å². The number of carbonyl (C=O) groups excluding carboxylic acids is 1. The highest BCUT2D eigenvalue weighted by Gasteiger charge is 2.29. The second-order valence-corrected chi connectivity index (χ2v) is 4.65. The molecule has 1 N–H and O–H groups in total. The summed E-state index contributed by atoms with van der Waals surface area (Å²) < 4.78 is 54.4. The summed E-state index contributed by atoms with van der Waals surface area (Å²) in [6.07, 6.45) is 1.19. The standard InChI is InChI=1S/C16H12F4N2O2/c17-12-2-3-13(14(9-12)24-10-16(18,19)20)22-15(23)4-1-11-5-7-21-8-6-11/h1-9H,10H2,(H,22,23). The van der Waals surface area contributed by atoms with Gasteiger partial charge < -0.3 is 10.1 Å². The van der Waals surface area contributed by atoms with Crippen LogP contribution in [0.3, 0.4) is 0 Å². The molecule has 1 aromatic carbocycles. The van der Waals surface area contributed by atoms with Crippen LogP contribution in [0.1, 0.15) is 5.56 Å². The van der Waals surface area contributed by atoms with E-state index in [1.807, 2.05) is 0 Å². The molecule has 0 saturated heterocycles. The molecular weight excluding hydrogens is 328 g/mol. The van der Waals surface area contributed by atoms with Crippen molar-refractivity contribution in [2.75, 3.05) is 11.9 Å². The lowest BCUT2D eigenvalue weighted by atomic mass is 10.2. The van der Waals surface area contributed by atoms with Crippen LogP contribution in [0.5, 0.6) is 5.75 Å². The lowest BCUT2D eigenvalue weighted by Gasteiger charge is -2.13. The van der Waals surface area contributed by atoms with Crippen molar-refractivity contribution in [2.24, 2.45) is 0 Å². The van der Waals surface area contributed by atoms with Gasteiger partial charge in [0.15, 0.2) is 6.61 Å². The Bertz CT molecular complexity index is 731. The minimum atomic E-state index is -4.57. The zero-order chi connectivity index (χ0) is 17.6. The first-order valence-electron chi connectivity index (χ1n) is 6.72. The molecule has 126 valence electrons. The van der Waals surface area contributed by atoms with Gasteiger partial charge in [0.25, 0.3) is 0 Å². The molecule has 1 heterocycles. The number of nitrogens with one attached hydrogen (secondary N) is 1. The van der Waals surface area contributed by atoms with Crippen LogP contribution in [0.2, 0.25) is 0 Å². The molecule has 2 rings (SSSR count). The van der Waals surface area contributed by atoms with Crippen molar-refractivity contribution < 1.29 is 27.1 Å². The van der Waals surface area contributed by atoms with Crippen molar-refractivity contribution in [3.05, 3.63) is 60.2 Å². The molecule has 0 aliphatic carbocycles. The summed E-state index contributed by atoms with van der Waals surface area (Å²) in [5, 5.41) is 2.34. The molecular formula is C16H12F4N2O2. The zero-order valence-electron chi connectivity index (χ0n) is 12.2. The van der Waals surface area contributed by atoms with E-state index in [9.17, 15) is 22.4 Å². The van der Waals surface area contributed by atoms with Crippen molar-refractivity contribution in [3.8, 4) is 5.75 Å². The predicted octanol–water partition coefficient (Wildman–Crippen LogP) is 3.81. The molecule has 0 atom stereocenters. The van der Waals surface area contributed by atoms with Gasteiger partial charge in [0.05, 0.1) is 5.69 Å². The Labute approximate surface area is 134 Å². The maximum absolute atomic E-state index is 13.2. The highest BCUT2D eigenvalue weighted by Crippen LogP contribution is 2.27. The van der Waals surface area contributed by atoms with Gasteiger partial charge in [-0.2, -0.15) is 13.2 Å². The molecule has 2 aromatic rings. The Kier molecular flexibility index (Phi) is 5.51. The SMILES string of the molecule is O=C(C=Cc1ccncc1)Nc1ccc(F)cc1OCC(F)(F)F. The van der Waals surface area contributed by atoms with Gasteiger partial charge in [0, 0.05) is 24.5 Å². The highest BCUT2D eigenvalue weighted by molar-refractivity contribution is 6.02. The number of carbonyl (C=O) groups is 1. The fourth-order valence-corrected chi connectivity index (χ4v) is 1.70. The van der Waals surface area contributed by atoms with Crippen molar-refractivity contribution in [1.29, 1.82) is 0 Å². The molecule has 1 amide bonds. The molecule has 0 unspecified atom stereocenters. The van der Waals surface area contributed by atoms with Crippen LogP contribution in [-0.4, -0.2) is 23.7 Å². The first-order chi connectivity index (χ1) is 11.3. The molecule has 0 spiro atoms. The summed E-state index contributed by atoms with van der Waals surface area (Å²) in [5.74, 6) is -1.79. The summed E-state index contributed by atoms with van der Waals surface area (Å²) in [5.41, 5.74) is 0.651. The minimum absolute atomic E-state index is 0.0648. The summed E-state index contributed by atoms with van der Waals surface area (Å²) >= 11 is 0. The number of rotatable bonds is 5. The van der Waals surface area contributed by atoms with E-state index in [4.69, 9.17) is 0 Å². The van der Waals surface area contributed by atoms with Crippen LogP contribution in [0.15, 0.2) is 48.8 Å². The largest absolute Gasteiger partial charge is 0.482 e. The van der Waals surface area contributed by atoms with Gasteiger partial charge in [-0.05, 0) is 35.9 Å². The lowest BCUT2D eigenvalue weighted by molar-refractivity contribution is -0.153. The van der Waals surface area contributed by atoms with E-state index in [0.717, 1.165) is 18.2 Å². The average molecular weight is 340 g/mol. The van der Waals surface area contributed by atoms with Crippen molar-refractivity contribution in [1.82, 2.24) is 4.98 Å². The minimum Gasteiger partial charge on any atom is -0.482 e. The Morgan fingerprint density at radius 2 is 1.92 bits per heavy atom. The maximum atomic E-state index is 13.2. The molecule has 0 radical (unpaired) electrons. The molecule has 0 bridgehead atoms. The topological polar surface area (TPSA) is 51.2 Å². The van der Waals surface area contributed by atoms with E-state index in [1.165, 1.54) is 12.2 Å². The zero-order valence-corrected chi connectivity index (χ0v) is 12.2. The first-order valence-corrected chi connectivity index (χ1v) is 6.72. The third kappa shape index (κ3) is 5.71. The van der Waals surface area contributed by atoms with Gasteiger partial charge in [0.2, 0.25) is 5.91 Å². The summed E-state index contributed by atoms with van der Waals surface area (Å²) in [6, 6.07) is 6.23. The first kappa shape index (κ1) is 17.5. The Morgan fingerprint density at radius 3 is 2.58 bits per heavy atom. The number of hydrogen-bond acceptors (Lipinski definition) is 3. The quantitative estimate of drug-likeness (QED) is 0.665. The Balaban J connectivity index is 2.08. The Hall–Kier alpha value is -2.90. The molecule has 0 aliphatic heterocycles. The average Bonchev–Trinajstić information content (AvgIpc) is 2.53. The smallest absolute Gasteiger partial charge is 0.422 e. The van der Waals surface area contributed by atoms with E-state index in [1.54, 1.807) is 24.5 Å². The van der Waals surface area contributed by atoms with E-state index in [2.05, 4.69) is 15.0 Å². The predicted molar refractivity (Wildman–Crippen MR) is 79.9 cm³/mol. The number of alkyl halides is 3. The van der Waals surface area contributed by atoms with Crippen molar-refractivity contribution in [2.45, 2.75) is 6.18 Å². The number of nitrogens with zero attached hydrogens (tertiary/aromatic N) is 1. The van der Waals surface area contributed by atoms with Crippen molar-refractivity contribution >= 4 is 17.7 Å². The fourth-order valence-electron chi connectivity index (χ4n) is 1.70. The van der Waals surface area contributed by atoms with Gasteiger partial charge in [-0.3, -0.25) is 9.78 Å². The lowest BCUT2D eigenvalue weighted by Crippen LogP contribution is -2.20. The van der Waals surface area contributed by atoms with E-state index in [-0.39, 0.29) is 5.69 Å². The number of halogens is 4. The summed E-state index contributed by atoms with van der Waals surface area (Å²) in [4.78, 5) is 15.7. The number of benzene rings is 1. The van der Waals surface area contributed by atoms with Crippen molar-refractivity contribution in [3.63, 3.8) is 0 Å². The molecule has 1 aromatic heterocycles. The van der Waals surface area contributed by atoms with Gasteiger partial charge in [-0.1, -0.05) is 0 Å². The van der Waals surface area contributed by atoms with Crippen LogP contribution < -0.4 is 10.1 Å². The number of amides is 1. The molecule has 8 heteroatoms. The van der Waals surface area contributed by atoms with Crippen LogP contribution in [0.25, 0.3) is 6.08 Å². The highest BCUT2D eigenvalue weighted by atomic mass is 19.4. The number of aromatic nitrogens is 1. The van der Waals surface area contributed by atoms with E-state index >= 15 is 0 Å². The molecule has 0 fully saturated rings. The number of pyridine rings is 1. The molecule has 0 aliphatic rings. The number of anilines is 1. The van der Waals surface area contributed by atoms with E-state index in [0.29, 0.717) is 5.56 Å². The van der Waals surface area contributed by atoms with Gasteiger partial charge in [0.1, 0.15) is 11.6 Å². The van der Waals surface area contributed by atoms with Gasteiger partial charge in [-0.15, -0.1) is 0 Å². The fraction of sp³-hybridized carbons (Fsp3) is 0.125. The normalized spacial score (nSPS) is 11.5.